The molecule has 0 aliphatic carbocycles. The molecule has 0 aliphatic heterocycles. The van der Waals surface area contributed by atoms with Gasteiger partial charge < -0.3 is 15.5 Å². The molecule has 3 aromatic rings. The van der Waals surface area contributed by atoms with E-state index in [1.165, 1.54) is 11.3 Å². The van der Waals surface area contributed by atoms with Crippen LogP contribution in [0.2, 0.25) is 0 Å². The van der Waals surface area contributed by atoms with Gasteiger partial charge in [-0.25, -0.2) is 4.98 Å². The molecule has 1 aromatic carbocycles. The number of nitrogen functional groups attached to an aromatic ring is 1. The Labute approximate surface area is 138 Å². The molecule has 0 aliphatic rings. The summed E-state index contributed by atoms with van der Waals surface area (Å²) >= 11 is 1.37. The van der Waals surface area contributed by atoms with Crippen molar-refractivity contribution in [2.24, 2.45) is 0 Å². The number of anilines is 1. The number of nitrogens with zero attached hydrogens (tertiary/aromatic N) is 1. The van der Waals surface area contributed by atoms with Gasteiger partial charge in [0.25, 0.3) is 0 Å². The monoisotopic (exact) mass is 327 g/mol. The fraction of sp³-hybridized carbons (Fsp3) is 0.176. The average Bonchev–Trinajstić information content (AvgIpc) is 3.23. The molecule has 0 unspecified atom stereocenters. The molecule has 2 heterocycles. The molecule has 5 nitrogen and oxygen atoms in total. The van der Waals surface area contributed by atoms with Crippen molar-refractivity contribution < 1.29 is 9.21 Å². The van der Waals surface area contributed by atoms with Gasteiger partial charge in [-0.05, 0) is 17.7 Å². The first kappa shape index (κ1) is 15.3. The highest BCUT2D eigenvalue weighted by Crippen LogP contribution is 2.28. The summed E-state index contributed by atoms with van der Waals surface area (Å²) < 4.78 is 5.51. The van der Waals surface area contributed by atoms with Crippen LogP contribution in [0.4, 0.5) is 5.13 Å². The van der Waals surface area contributed by atoms with E-state index in [2.05, 4.69) is 10.3 Å². The summed E-state index contributed by atoms with van der Waals surface area (Å²) in [5.41, 5.74) is 7.41. The Morgan fingerprint density at radius 3 is 2.74 bits per heavy atom. The second-order valence-corrected chi connectivity index (χ2v) is 6.03. The van der Waals surface area contributed by atoms with Crippen LogP contribution in [0.25, 0.3) is 0 Å². The van der Waals surface area contributed by atoms with E-state index in [4.69, 9.17) is 10.2 Å². The van der Waals surface area contributed by atoms with Crippen molar-refractivity contribution in [3.05, 3.63) is 71.1 Å². The maximum absolute atomic E-state index is 12.3. The molecule has 2 aromatic heterocycles. The van der Waals surface area contributed by atoms with Crippen molar-refractivity contribution in [3.63, 3.8) is 0 Å². The van der Waals surface area contributed by atoms with Gasteiger partial charge in [0, 0.05) is 11.8 Å². The molecule has 23 heavy (non-hydrogen) atoms. The number of thiazole rings is 1. The Morgan fingerprint density at radius 1 is 1.26 bits per heavy atom. The molecule has 0 spiro atoms. The van der Waals surface area contributed by atoms with Gasteiger partial charge in [-0.1, -0.05) is 30.3 Å². The van der Waals surface area contributed by atoms with Gasteiger partial charge in [0.2, 0.25) is 5.91 Å². The summed E-state index contributed by atoms with van der Waals surface area (Å²) in [5.74, 6) is 0.623. The fourth-order valence-corrected chi connectivity index (χ4v) is 2.97. The minimum atomic E-state index is -0.105. The zero-order valence-electron chi connectivity index (χ0n) is 12.4. The lowest BCUT2D eigenvalue weighted by atomic mass is 9.93. The molecule has 0 bridgehead atoms. The molecule has 0 saturated carbocycles. The second-order valence-electron chi connectivity index (χ2n) is 5.14. The van der Waals surface area contributed by atoms with Crippen molar-refractivity contribution in [3.8, 4) is 0 Å². The molecule has 0 saturated heterocycles. The van der Waals surface area contributed by atoms with Gasteiger partial charge in [-0.15, -0.1) is 11.3 Å². The number of hydrogen-bond acceptors (Lipinski definition) is 5. The third-order valence-corrected chi connectivity index (χ3v) is 4.24. The Morgan fingerprint density at radius 2 is 2.09 bits per heavy atom. The summed E-state index contributed by atoms with van der Waals surface area (Å²) in [6.07, 6.45) is 1.94. The van der Waals surface area contributed by atoms with Crippen LogP contribution in [0.1, 0.15) is 29.4 Å². The van der Waals surface area contributed by atoms with E-state index in [1.807, 2.05) is 47.8 Å². The van der Waals surface area contributed by atoms with E-state index >= 15 is 0 Å². The van der Waals surface area contributed by atoms with Gasteiger partial charge in [-0.3, -0.25) is 4.79 Å². The Kier molecular flexibility index (Phi) is 4.73. The molecule has 0 fully saturated rings. The average molecular weight is 327 g/mol. The van der Waals surface area contributed by atoms with Crippen LogP contribution in [-0.4, -0.2) is 10.9 Å². The Balaban J connectivity index is 1.67. The number of benzene rings is 1. The highest BCUT2D eigenvalue weighted by atomic mass is 32.1. The van der Waals surface area contributed by atoms with E-state index < -0.39 is 0 Å². The van der Waals surface area contributed by atoms with E-state index in [-0.39, 0.29) is 11.8 Å². The lowest BCUT2D eigenvalue weighted by molar-refractivity contribution is -0.121. The van der Waals surface area contributed by atoms with Crippen LogP contribution in [-0.2, 0) is 11.3 Å². The third kappa shape index (κ3) is 3.98. The number of carbonyl (C=O) groups excluding carboxylic acids is 1. The number of nitrogens with two attached hydrogens (primary N) is 1. The first-order chi connectivity index (χ1) is 11.2. The third-order valence-electron chi connectivity index (χ3n) is 3.51. The number of aromatic nitrogens is 1. The molecular weight excluding hydrogens is 310 g/mol. The van der Waals surface area contributed by atoms with E-state index in [9.17, 15) is 4.79 Å². The van der Waals surface area contributed by atoms with Gasteiger partial charge >= 0.3 is 0 Å². The largest absolute Gasteiger partial charge is 0.469 e. The van der Waals surface area contributed by atoms with Crippen LogP contribution in [0.15, 0.2) is 58.5 Å². The molecule has 3 N–H and O–H groups in total. The van der Waals surface area contributed by atoms with Gasteiger partial charge in [0.15, 0.2) is 5.13 Å². The van der Waals surface area contributed by atoms with Crippen LogP contribution in [0.5, 0.6) is 0 Å². The summed E-state index contributed by atoms with van der Waals surface area (Å²) in [6, 6.07) is 13.6. The maximum Gasteiger partial charge on any atom is 0.221 e. The Bertz CT molecular complexity index is 753. The molecule has 6 heteroatoms. The minimum absolute atomic E-state index is 0.0539. The van der Waals surface area contributed by atoms with E-state index in [1.54, 1.807) is 6.26 Å². The fourth-order valence-electron chi connectivity index (χ4n) is 2.41. The topological polar surface area (TPSA) is 81.1 Å². The molecular formula is C17H17N3O2S. The lowest BCUT2D eigenvalue weighted by Gasteiger charge is -2.14. The SMILES string of the molecule is Nc1nc(CNC(=O)C[C@H](c2ccccc2)c2ccco2)cs1. The predicted octanol–water partition coefficient (Wildman–Crippen LogP) is 3.16. The predicted molar refractivity (Wildman–Crippen MR) is 90.0 cm³/mol. The van der Waals surface area contributed by atoms with Crippen LogP contribution < -0.4 is 11.1 Å². The molecule has 1 amide bonds. The number of rotatable bonds is 6. The number of hydrogen-bond donors (Lipinski definition) is 2. The van der Waals surface area contributed by atoms with Gasteiger partial charge in [0.1, 0.15) is 5.76 Å². The zero-order chi connectivity index (χ0) is 16.1. The summed E-state index contributed by atoms with van der Waals surface area (Å²) in [4.78, 5) is 16.4. The summed E-state index contributed by atoms with van der Waals surface area (Å²) in [7, 11) is 0. The van der Waals surface area contributed by atoms with Crippen molar-refractivity contribution in [2.45, 2.75) is 18.9 Å². The molecule has 1 atom stereocenters. The van der Waals surface area contributed by atoms with Crippen molar-refractivity contribution >= 4 is 22.4 Å². The van der Waals surface area contributed by atoms with Gasteiger partial charge in [0.05, 0.1) is 24.4 Å². The normalized spacial score (nSPS) is 12.0. The molecule has 3 rings (SSSR count). The quantitative estimate of drug-likeness (QED) is 0.729. The van der Waals surface area contributed by atoms with Crippen molar-refractivity contribution in [1.82, 2.24) is 10.3 Å². The maximum atomic E-state index is 12.3. The number of furan rings is 1. The summed E-state index contributed by atoms with van der Waals surface area (Å²) in [6.45, 7) is 0.381. The van der Waals surface area contributed by atoms with Crippen molar-refractivity contribution in [2.75, 3.05) is 5.73 Å². The first-order valence-electron chi connectivity index (χ1n) is 7.27. The van der Waals surface area contributed by atoms with E-state index in [0.29, 0.717) is 18.1 Å². The first-order valence-corrected chi connectivity index (χ1v) is 8.15. The molecule has 118 valence electrons. The lowest BCUT2D eigenvalue weighted by Crippen LogP contribution is -2.25. The van der Waals surface area contributed by atoms with Crippen molar-refractivity contribution in [1.29, 1.82) is 0 Å². The highest BCUT2D eigenvalue weighted by Gasteiger charge is 2.20. The Hall–Kier alpha value is -2.60. The highest BCUT2D eigenvalue weighted by molar-refractivity contribution is 7.13. The zero-order valence-corrected chi connectivity index (χ0v) is 13.3. The smallest absolute Gasteiger partial charge is 0.221 e. The number of carbonyl (C=O) groups is 1. The number of nitrogens with one attached hydrogen (secondary N) is 1. The summed E-state index contributed by atoms with van der Waals surface area (Å²) in [5, 5.41) is 5.23. The molecule has 0 radical (unpaired) electrons. The number of amides is 1. The van der Waals surface area contributed by atoms with Crippen LogP contribution in [0, 0.1) is 0 Å². The van der Waals surface area contributed by atoms with Crippen LogP contribution in [0.3, 0.4) is 0 Å². The van der Waals surface area contributed by atoms with E-state index in [0.717, 1.165) is 17.0 Å². The van der Waals surface area contributed by atoms with Gasteiger partial charge in [-0.2, -0.15) is 0 Å². The second kappa shape index (κ2) is 7.11. The standard InChI is InChI=1S/C17H17N3O2S/c18-17-20-13(11-23-17)10-19-16(21)9-14(15-7-4-8-22-15)12-5-2-1-3-6-12/h1-8,11,14H,9-10H2,(H2,18,20)(H,19,21)/t14-/m1/s1. The minimum Gasteiger partial charge on any atom is -0.469 e. The van der Waals surface area contributed by atoms with Crippen LogP contribution >= 0.6 is 11.3 Å².